The molecule has 4 nitrogen and oxygen atoms in total. The second-order valence-corrected chi connectivity index (χ2v) is 9.73. The molecule has 6 heteroatoms. The third-order valence-electron chi connectivity index (χ3n) is 3.07. The van der Waals surface area contributed by atoms with Gasteiger partial charge in [0.05, 0.1) is 5.25 Å². The second-order valence-electron chi connectivity index (χ2n) is 5.49. The van der Waals surface area contributed by atoms with Crippen LogP contribution in [0.5, 0.6) is 0 Å². The minimum Gasteiger partial charge on any atom is -0.313 e. The lowest BCUT2D eigenvalue weighted by Gasteiger charge is -2.35. The Morgan fingerprint density at radius 2 is 1.72 bits per heavy atom. The Bertz CT molecular complexity index is 347. The zero-order valence-corrected chi connectivity index (χ0v) is 13.6. The largest absolute Gasteiger partial charge is 0.313 e. The van der Waals surface area contributed by atoms with Crippen LogP contribution in [0, 0.1) is 0 Å². The third-order valence-corrected chi connectivity index (χ3v) is 6.50. The normalized spacial score (nSPS) is 28.6. The molecule has 1 rings (SSSR count). The summed E-state index contributed by atoms with van der Waals surface area (Å²) in [6.07, 6.45) is 0. The van der Waals surface area contributed by atoms with E-state index in [0.717, 1.165) is 0 Å². The summed E-state index contributed by atoms with van der Waals surface area (Å²) in [4.78, 5) is 0. The van der Waals surface area contributed by atoms with E-state index in [2.05, 4.69) is 19.2 Å². The van der Waals surface area contributed by atoms with Crippen molar-refractivity contribution in [2.75, 3.05) is 19.6 Å². The first-order chi connectivity index (χ1) is 8.23. The van der Waals surface area contributed by atoms with Crippen molar-refractivity contribution in [2.45, 2.75) is 56.4 Å². The van der Waals surface area contributed by atoms with E-state index in [1.165, 1.54) is 0 Å². The van der Waals surface area contributed by atoms with Crippen molar-refractivity contribution < 1.29 is 8.42 Å². The van der Waals surface area contributed by atoms with Gasteiger partial charge >= 0.3 is 0 Å². The van der Waals surface area contributed by atoms with Crippen molar-refractivity contribution >= 4 is 21.8 Å². The molecule has 1 N–H and O–H groups in total. The van der Waals surface area contributed by atoms with Crippen molar-refractivity contribution in [3.63, 3.8) is 0 Å². The molecule has 0 amide bonds. The van der Waals surface area contributed by atoms with Gasteiger partial charge in [0.25, 0.3) is 0 Å². The Kier molecular flexibility index (Phi) is 5.96. The summed E-state index contributed by atoms with van der Waals surface area (Å²) in [5.74, 6) is 0. The number of nitrogens with zero attached hydrogens (tertiary/aromatic N) is 1. The number of hydrogen-bond acceptors (Lipinski definition) is 4. The zero-order chi connectivity index (χ0) is 13.9. The number of thioether (sulfide) groups is 1. The lowest BCUT2D eigenvalue weighted by Crippen LogP contribution is -2.49. The van der Waals surface area contributed by atoms with Gasteiger partial charge in [-0.15, -0.1) is 0 Å². The first-order valence-corrected chi connectivity index (χ1v) is 9.06. The maximum absolute atomic E-state index is 12.5. The van der Waals surface area contributed by atoms with Crippen molar-refractivity contribution in [3.05, 3.63) is 0 Å². The standard InChI is InChI=1S/C12H26N2O2S2/c1-9(2)13-6-12(5)18(15,16)14-7-10(3)17-11(4)8-14/h9-13H,6-8H2,1-5H3. The first kappa shape index (κ1) is 16.3. The first-order valence-electron chi connectivity index (χ1n) is 6.61. The Morgan fingerprint density at radius 3 is 2.17 bits per heavy atom. The van der Waals surface area contributed by atoms with Crippen LogP contribution in [0.3, 0.4) is 0 Å². The summed E-state index contributed by atoms with van der Waals surface area (Å²) in [5.41, 5.74) is 0. The van der Waals surface area contributed by atoms with E-state index in [-0.39, 0.29) is 5.25 Å². The van der Waals surface area contributed by atoms with Gasteiger partial charge in [0.1, 0.15) is 0 Å². The number of sulfonamides is 1. The molecule has 0 radical (unpaired) electrons. The van der Waals surface area contributed by atoms with Crippen LogP contribution in [0.25, 0.3) is 0 Å². The van der Waals surface area contributed by atoms with Crippen molar-refractivity contribution in [3.8, 4) is 0 Å². The fourth-order valence-electron chi connectivity index (χ4n) is 2.10. The summed E-state index contributed by atoms with van der Waals surface area (Å²) in [6, 6.07) is 0.317. The molecule has 0 bridgehead atoms. The molecule has 0 aromatic heterocycles. The quantitative estimate of drug-likeness (QED) is 0.835. The van der Waals surface area contributed by atoms with Gasteiger partial charge in [-0.25, -0.2) is 8.42 Å². The minimum atomic E-state index is -3.17. The third kappa shape index (κ3) is 4.40. The smallest absolute Gasteiger partial charge is 0.218 e. The predicted molar refractivity (Wildman–Crippen MR) is 79.6 cm³/mol. The van der Waals surface area contributed by atoms with Crippen molar-refractivity contribution in [1.82, 2.24) is 9.62 Å². The molecule has 108 valence electrons. The van der Waals surface area contributed by atoms with Gasteiger partial charge in [0.15, 0.2) is 0 Å². The highest BCUT2D eigenvalue weighted by molar-refractivity contribution is 8.00. The van der Waals surface area contributed by atoms with E-state index in [0.29, 0.717) is 36.2 Å². The Morgan fingerprint density at radius 1 is 1.22 bits per heavy atom. The lowest BCUT2D eigenvalue weighted by atomic mass is 10.3. The van der Waals surface area contributed by atoms with Gasteiger partial charge in [-0.2, -0.15) is 16.1 Å². The molecule has 3 atom stereocenters. The molecule has 3 unspecified atom stereocenters. The molecule has 1 heterocycles. The summed E-state index contributed by atoms with van der Waals surface area (Å²) in [7, 11) is -3.17. The monoisotopic (exact) mass is 294 g/mol. The fraction of sp³-hybridized carbons (Fsp3) is 1.00. The van der Waals surface area contributed by atoms with Gasteiger partial charge in [-0.3, -0.25) is 0 Å². The maximum Gasteiger partial charge on any atom is 0.218 e. The Hall–Kier alpha value is 0.220. The molecule has 0 saturated carbocycles. The minimum absolute atomic E-state index is 0.317. The van der Waals surface area contributed by atoms with E-state index in [1.54, 1.807) is 11.2 Å². The van der Waals surface area contributed by atoms with Crippen molar-refractivity contribution in [1.29, 1.82) is 0 Å². The highest BCUT2D eigenvalue weighted by atomic mass is 32.2. The van der Waals surface area contributed by atoms with Crippen LogP contribution in [0.4, 0.5) is 0 Å². The number of nitrogens with one attached hydrogen (secondary N) is 1. The van der Waals surface area contributed by atoms with E-state index in [1.807, 2.05) is 25.6 Å². The molecular weight excluding hydrogens is 268 g/mol. The fourth-order valence-corrected chi connectivity index (χ4v) is 5.29. The molecule has 1 fully saturated rings. The van der Waals surface area contributed by atoms with E-state index in [4.69, 9.17) is 0 Å². The maximum atomic E-state index is 12.5. The van der Waals surface area contributed by atoms with Gasteiger partial charge in [-0.05, 0) is 6.92 Å². The average molecular weight is 294 g/mol. The van der Waals surface area contributed by atoms with Gasteiger partial charge in [-0.1, -0.05) is 27.7 Å². The summed E-state index contributed by atoms with van der Waals surface area (Å²) in [6.45, 7) is 11.8. The highest BCUT2D eigenvalue weighted by Crippen LogP contribution is 2.27. The molecule has 1 saturated heterocycles. The van der Waals surface area contributed by atoms with Gasteiger partial charge < -0.3 is 5.32 Å². The van der Waals surface area contributed by atoms with Crippen LogP contribution in [-0.2, 0) is 10.0 Å². The van der Waals surface area contributed by atoms with Crippen LogP contribution in [0.1, 0.15) is 34.6 Å². The molecule has 0 aliphatic carbocycles. The molecule has 1 aliphatic rings. The Labute approximate surface area is 116 Å². The summed E-state index contributed by atoms with van der Waals surface area (Å²) < 4.78 is 26.6. The van der Waals surface area contributed by atoms with Crippen LogP contribution in [0.15, 0.2) is 0 Å². The van der Waals surface area contributed by atoms with E-state index >= 15 is 0 Å². The number of rotatable bonds is 5. The molecule has 1 aliphatic heterocycles. The second kappa shape index (κ2) is 6.59. The van der Waals surface area contributed by atoms with Gasteiger partial charge in [0.2, 0.25) is 10.0 Å². The van der Waals surface area contributed by atoms with Crippen LogP contribution >= 0.6 is 11.8 Å². The molecule has 0 aromatic carbocycles. The number of hydrogen-bond donors (Lipinski definition) is 1. The lowest BCUT2D eigenvalue weighted by molar-refractivity contribution is 0.396. The molecule has 0 spiro atoms. The van der Waals surface area contributed by atoms with Crippen LogP contribution in [0.2, 0.25) is 0 Å². The van der Waals surface area contributed by atoms with Gasteiger partial charge in [0, 0.05) is 36.2 Å². The predicted octanol–water partition coefficient (Wildman–Crippen LogP) is 1.53. The van der Waals surface area contributed by atoms with Crippen LogP contribution in [-0.4, -0.2) is 54.1 Å². The van der Waals surface area contributed by atoms with Crippen LogP contribution < -0.4 is 5.32 Å². The van der Waals surface area contributed by atoms with E-state index in [9.17, 15) is 8.42 Å². The molecule has 0 aromatic rings. The SMILES string of the molecule is CC(C)NCC(C)S(=O)(=O)N1CC(C)SC(C)C1. The highest BCUT2D eigenvalue weighted by Gasteiger charge is 2.34. The Balaban J connectivity index is 2.67. The summed E-state index contributed by atoms with van der Waals surface area (Å²) in [5, 5.41) is 3.61. The molecular formula is C12H26N2O2S2. The topological polar surface area (TPSA) is 49.4 Å². The summed E-state index contributed by atoms with van der Waals surface area (Å²) >= 11 is 1.87. The van der Waals surface area contributed by atoms with E-state index < -0.39 is 10.0 Å². The van der Waals surface area contributed by atoms with Crippen molar-refractivity contribution in [2.24, 2.45) is 0 Å². The average Bonchev–Trinajstić information content (AvgIpc) is 2.24. The molecule has 18 heavy (non-hydrogen) atoms. The zero-order valence-electron chi connectivity index (χ0n) is 12.0.